The Hall–Kier alpha value is -0.200. The molecule has 2 fully saturated rings. The lowest BCUT2D eigenvalue weighted by atomic mass is 9.60. The topological polar surface area (TPSA) is 101 Å². The fourth-order valence-corrected chi connectivity index (χ4v) is 4.03. The minimum Gasteiger partial charge on any atom is -0.394 e. The average Bonchev–Trinajstić information content (AvgIpc) is 2.55. The van der Waals surface area contributed by atoms with Crippen molar-refractivity contribution in [1.29, 1.82) is 0 Å². The van der Waals surface area contributed by atoms with E-state index in [1.165, 1.54) is 25.7 Å². The van der Waals surface area contributed by atoms with Crippen LogP contribution in [-0.4, -0.2) is 57.1 Å². The average molecular weight is 332 g/mol. The molecule has 0 radical (unpaired) electrons. The van der Waals surface area contributed by atoms with Crippen LogP contribution in [0.15, 0.2) is 0 Å². The lowest BCUT2D eigenvalue weighted by Crippen LogP contribution is -2.38. The van der Waals surface area contributed by atoms with Crippen molar-refractivity contribution in [3.63, 3.8) is 0 Å². The molecule has 0 aromatic carbocycles. The Bertz CT molecular complexity index is 277. The summed E-state index contributed by atoms with van der Waals surface area (Å²) in [4.78, 5) is 0. The molecule has 2 aliphatic carbocycles. The van der Waals surface area contributed by atoms with Gasteiger partial charge in [0.05, 0.1) is 25.4 Å². The summed E-state index contributed by atoms with van der Waals surface area (Å²) in [5.74, 6) is 1.54. The van der Waals surface area contributed by atoms with Gasteiger partial charge in [0.2, 0.25) is 0 Å². The largest absolute Gasteiger partial charge is 0.394 e. The van der Waals surface area contributed by atoms with Gasteiger partial charge in [0.15, 0.2) is 0 Å². The zero-order valence-corrected chi connectivity index (χ0v) is 14.7. The molecule has 138 valence electrons. The van der Waals surface area contributed by atoms with Crippen LogP contribution in [0.2, 0.25) is 0 Å². The van der Waals surface area contributed by atoms with Gasteiger partial charge in [0.25, 0.3) is 0 Å². The lowest BCUT2D eigenvalue weighted by molar-refractivity contribution is 0.00233. The van der Waals surface area contributed by atoms with Crippen LogP contribution in [0.5, 0.6) is 0 Å². The van der Waals surface area contributed by atoms with Crippen LogP contribution in [0, 0.1) is 17.3 Å². The molecule has 0 aliphatic heterocycles. The second kappa shape index (κ2) is 9.94. The first-order valence-corrected chi connectivity index (χ1v) is 9.07. The third-order valence-corrected chi connectivity index (χ3v) is 5.92. The molecule has 5 nitrogen and oxygen atoms in total. The van der Waals surface area contributed by atoms with Crippen molar-refractivity contribution in [3.05, 3.63) is 0 Å². The van der Waals surface area contributed by atoms with Crippen LogP contribution in [0.3, 0.4) is 0 Å². The Kier molecular flexibility index (Phi) is 9.01. The molecule has 23 heavy (non-hydrogen) atoms. The van der Waals surface area contributed by atoms with E-state index in [4.69, 9.17) is 15.3 Å². The summed E-state index contributed by atoms with van der Waals surface area (Å²) in [5.41, 5.74) is 0.389. The second-order valence-electron chi connectivity index (χ2n) is 7.85. The van der Waals surface area contributed by atoms with Crippen molar-refractivity contribution in [2.75, 3.05) is 13.2 Å². The summed E-state index contributed by atoms with van der Waals surface area (Å²) in [6.45, 7) is 4.10. The van der Waals surface area contributed by atoms with Gasteiger partial charge in [0, 0.05) is 0 Å². The van der Waals surface area contributed by atoms with E-state index in [1.807, 2.05) is 0 Å². The minimum atomic E-state index is -0.954. The summed E-state index contributed by atoms with van der Waals surface area (Å²) < 4.78 is 0. The van der Waals surface area contributed by atoms with Crippen molar-refractivity contribution in [3.8, 4) is 0 Å². The van der Waals surface area contributed by atoms with E-state index >= 15 is 0 Å². The van der Waals surface area contributed by atoms with Gasteiger partial charge in [-0.25, -0.2) is 0 Å². The summed E-state index contributed by atoms with van der Waals surface area (Å²) in [7, 11) is 0. The van der Waals surface area contributed by atoms with E-state index in [1.54, 1.807) is 0 Å². The van der Waals surface area contributed by atoms with Crippen LogP contribution in [-0.2, 0) is 0 Å². The number of rotatable bonds is 4. The molecule has 5 N–H and O–H groups in total. The Labute approximate surface area is 140 Å². The second-order valence-corrected chi connectivity index (χ2v) is 7.85. The molecule has 0 unspecified atom stereocenters. The van der Waals surface area contributed by atoms with E-state index in [9.17, 15) is 10.2 Å². The smallest absolute Gasteiger partial charge is 0.100 e. The Morgan fingerprint density at radius 2 is 1.04 bits per heavy atom. The van der Waals surface area contributed by atoms with Gasteiger partial charge >= 0.3 is 0 Å². The van der Waals surface area contributed by atoms with E-state index in [-0.39, 0.29) is 25.4 Å². The van der Waals surface area contributed by atoms with Gasteiger partial charge in [-0.3, -0.25) is 0 Å². The van der Waals surface area contributed by atoms with Gasteiger partial charge in [0.1, 0.15) is 6.10 Å². The monoisotopic (exact) mass is 332 g/mol. The zero-order chi connectivity index (χ0) is 17.5. The van der Waals surface area contributed by atoms with Crippen molar-refractivity contribution in [2.45, 2.75) is 83.5 Å². The molecule has 0 aromatic heterocycles. The van der Waals surface area contributed by atoms with Crippen LogP contribution in [0.25, 0.3) is 0 Å². The first-order chi connectivity index (χ1) is 10.8. The lowest BCUT2D eigenvalue weighted by Gasteiger charge is -2.46. The van der Waals surface area contributed by atoms with Crippen molar-refractivity contribution in [2.24, 2.45) is 17.3 Å². The Morgan fingerprint density at radius 3 is 1.26 bits per heavy atom. The molecule has 0 heterocycles. The third kappa shape index (κ3) is 6.67. The molecule has 0 atom stereocenters. The number of hydrogen-bond donors (Lipinski definition) is 5. The molecule has 0 aromatic rings. The summed E-state index contributed by atoms with van der Waals surface area (Å²) in [5, 5.41) is 43.2. The maximum absolute atomic E-state index is 9.60. The fourth-order valence-electron chi connectivity index (χ4n) is 4.03. The minimum absolute atomic E-state index is 0.0461. The van der Waals surface area contributed by atoms with Gasteiger partial charge < -0.3 is 25.5 Å². The first kappa shape index (κ1) is 20.8. The molecular formula is C18H36O5. The van der Waals surface area contributed by atoms with E-state index in [2.05, 4.69) is 13.8 Å². The molecule has 0 amide bonds. The van der Waals surface area contributed by atoms with Crippen LogP contribution in [0.4, 0.5) is 0 Å². The molecule has 0 spiro atoms. The zero-order valence-electron chi connectivity index (χ0n) is 14.7. The first-order valence-electron chi connectivity index (χ1n) is 9.07. The van der Waals surface area contributed by atoms with Crippen LogP contribution < -0.4 is 0 Å². The highest BCUT2D eigenvalue weighted by Crippen LogP contribution is 2.48. The third-order valence-electron chi connectivity index (χ3n) is 5.92. The maximum Gasteiger partial charge on any atom is 0.100 e. The van der Waals surface area contributed by atoms with Crippen LogP contribution >= 0.6 is 0 Å². The highest BCUT2D eigenvalue weighted by atomic mass is 16.3. The summed E-state index contributed by atoms with van der Waals surface area (Å²) in [6, 6.07) is 0. The van der Waals surface area contributed by atoms with Gasteiger partial charge in [-0.2, -0.15) is 0 Å². The van der Waals surface area contributed by atoms with Crippen molar-refractivity contribution >= 4 is 0 Å². The number of aliphatic hydroxyl groups is 5. The predicted octanol–water partition coefficient (Wildman–Crippen LogP) is 1.45. The van der Waals surface area contributed by atoms with Gasteiger partial charge in [-0.05, 0) is 68.6 Å². The molecule has 2 saturated carbocycles. The number of hydrogen-bond acceptors (Lipinski definition) is 5. The Morgan fingerprint density at radius 1 is 0.739 bits per heavy atom. The van der Waals surface area contributed by atoms with Crippen molar-refractivity contribution < 1.29 is 25.5 Å². The predicted molar refractivity (Wildman–Crippen MR) is 89.9 cm³/mol. The molecule has 2 aliphatic rings. The van der Waals surface area contributed by atoms with E-state index < -0.39 is 6.10 Å². The molecular weight excluding hydrogens is 296 g/mol. The van der Waals surface area contributed by atoms with Gasteiger partial charge in [-0.15, -0.1) is 0 Å². The van der Waals surface area contributed by atoms with Crippen molar-refractivity contribution in [1.82, 2.24) is 0 Å². The highest BCUT2D eigenvalue weighted by Gasteiger charge is 2.39. The molecule has 5 heteroatoms. The molecule has 0 bridgehead atoms. The fraction of sp³-hybridized carbons (Fsp3) is 1.00. The molecule has 0 saturated heterocycles. The summed E-state index contributed by atoms with van der Waals surface area (Å²) in [6.07, 6.45) is 7.66. The summed E-state index contributed by atoms with van der Waals surface area (Å²) >= 11 is 0. The maximum atomic E-state index is 9.60. The quantitative estimate of drug-likeness (QED) is 0.536. The highest BCUT2D eigenvalue weighted by molar-refractivity contribution is 4.90. The molecule has 2 rings (SSSR count). The van der Waals surface area contributed by atoms with E-state index in [0.29, 0.717) is 5.41 Å². The number of aliphatic hydroxyl groups excluding tert-OH is 5. The standard InChI is InChI=1S/C15H28O2.C3H8O3/c1-15(2,11-3-7-13(16)8-4-11)12-5-9-14(17)10-6-12;4-1-3(6)2-5/h11-14,16-17H,3-10H2,1-2H3;3-6H,1-2H2. The Balaban J connectivity index is 0.000000379. The SMILES string of the molecule is CC(C)(C1CCC(O)CC1)C1CCC(O)CC1.OCC(O)CO. The van der Waals surface area contributed by atoms with Gasteiger partial charge in [-0.1, -0.05) is 13.8 Å². The normalized spacial score (nSPS) is 32.3. The van der Waals surface area contributed by atoms with Crippen LogP contribution in [0.1, 0.15) is 65.2 Å². The van der Waals surface area contributed by atoms with E-state index in [0.717, 1.165) is 37.5 Å².